The van der Waals surface area contributed by atoms with E-state index in [4.69, 9.17) is 16.3 Å². The SMILES string of the molecule is O=C(Cn1cc(C(=O)C(=O)N2CCOCC2)c2ccccc21)Nc1ccc(Cl)cc1. The predicted molar refractivity (Wildman–Crippen MR) is 114 cm³/mol. The van der Waals surface area contributed by atoms with Gasteiger partial charge in [-0.1, -0.05) is 29.8 Å². The summed E-state index contributed by atoms with van der Waals surface area (Å²) in [6, 6.07) is 14.0. The Balaban J connectivity index is 1.57. The highest BCUT2D eigenvalue weighted by atomic mass is 35.5. The molecular weight excluding hydrogens is 406 g/mol. The first-order valence-corrected chi connectivity index (χ1v) is 9.95. The molecule has 3 aromatic rings. The van der Waals surface area contributed by atoms with Crippen molar-refractivity contribution < 1.29 is 19.1 Å². The third kappa shape index (κ3) is 4.22. The molecule has 0 atom stereocenters. The van der Waals surface area contributed by atoms with Gasteiger partial charge in [-0.05, 0) is 30.3 Å². The molecule has 0 aliphatic carbocycles. The van der Waals surface area contributed by atoms with Crippen LogP contribution in [-0.2, 0) is 20.9 Å². The Hall–Kier alpha value is -3.16. The number of hydrogen-bond donors (Lipinski definition) is 1. The molecule has 30 heavy (non-hydrogen) atoms. The van der Waals surface area contributed by atoms with Gasteiger partial charge in [0.05, 0.1) is 18.8 Å². The predicted octanol–water partition coefficient (Wildman–Crippen LogP) is 2.97. The van der Waals surface area contributed by atoms with E-state index >= 15 is 0 Å². The molecule has 1 fully saturated rings. The van der Waals surface area contributed by atoms with Gasteiger partial charge in [0.15, 0.2) is 0 Å². The van der Waals surface area contributed by atoms with Gasteiger partial charge in [-0.2, -0.15) is 0 Å². The summed E-state index contributed by atoms with van der Waals surface area (Å²) in [5, 5.41) is 4.03. The minimum atomic E-state index is -0.579. The van der Waals surface area contributed by atoms with Gasteiger partial charge in [0, 0.05) is 40.9 Å². The number of amides is 2. The largest absolute Gasteiger partial charge is 0.378 e. The van der Waals surface area contributed by atoms with E-state index in [1.807, 2.05) is 12.1 Å². The molecule has 0 bridgehead atoms. The maximum Gasteiger partial charge on any atom is 0.295 e. The fourth-order valence-corrected chi connectivity index (χ4v) is 3.60. The molecule has 2 heterocycles. The second-order valence-electron chi connectivity index (χ2n) is 6.98. The fraction of sp³-hybridized carbons (Fsp3) is 0.227. The zero-order valence-corrected chi connectivity index (χ0v) is 16.9. The number of fused-ring (bicyclic) bond motifs is 1. The first-order valence-electron chi connectivity index (χ1n) is 9.57. The van der Waals surface area contributed by atoms with Gasteiger partial charge in [0.25, 0.3) is 11.7 Å². The van der Waals surface area contributed by atoms with Gasteiger partial charge < -0.3 is 19.5 Å². The first-order chi connectivity index (χ1) is 14.5. The number of rotatable bonds is 5. The number of hydrogen-bond acceptors (Lipinski definition) is 4. The summed E-state index contributed by atoms with van der Waals surface area (Å²) in [4.78, 5) is 39.6. The van der Waals surface area contributed by atoms with Crippen molar-refractivity contribution in [3.63, 3.8) is 0 Å². The third-order valence-electron chi connectivity index (χ3n) is 4.97. The summed E-state index contributed by atoms with van der Waals surface area (Å²) in [7, 11) is 0. The number of carbonyl (C=O) groups is 3. The Morgan fingerprint density at radius 3 is 2.43 bits per heavy atom. The topological polar surface area (TPSA) is 80.6 Å². The lowest BCUT2D eigenvalue weighted by Gasteiger charge is -2.25. The maximum absolute atomic E-state index is 12.9. The maximum atomic E-state index is 12.9. The summed E-state index contributed by atoms with van der Waals surface area (Å²) in [5.41, 5.74) is 1.63. The summed E-state index contributed by atoms with van der Waals surface area (Å²) >= 11 is 5.87. The van der Waals surface area contributed by atoms with Crippen molar-refractivity contribution in [2.75, 3.05) is 31.6 Å². The molecule has 8 heteroatoms. The highest BCUT2D eigenvalue weighted by Gasteiger charge is 2.27. The average Bonchev–Trinajstić information content (AvgIpc) is 3.13. The molecule has 0 unspecified atom stereocenters. The van der Waals surface area contributed by atoms with Crippen LogP contribution in [0, 0.1) is 0 Å². The number of para-hydroxylation sites is 1. The molecule has 154 valence electrons. The summed E-state index contributed by atoms with van der Waals surface area (Å²) < 4.78 is 6.93. The number of ether oxygens (including phenoxy) is 1. The molecule has 1 N–H and O–H groups in total. The Bertz CT molecular complexity index is 1100. The van der Waals surface area contributed by atoms with Gasteiger partial charge in [-0.25, -0.2) is 0 Å². The fourth-order valence-electron chi connectivity index (χ4n) is 3.47. The molecule has 1 aromatic heterocycles. The zero-order valence-electron chi connectivity index (χ0n) is 16.1. The Kier molecular flexibility index (Phi) is 5.83. The van der Waals surface area contributed by atoms with Crippen molar-refractivity contribution >= 4 is 45.8 Å². The number of benzene rings is 2. The van der Waals surface area contributed by atoms with Crippen LogP contribution in [0.15, 0.2) is 54.7 Å². The van der Waals surface area contributed by atoms with Crippen molar-refractivity contribution in [2.24, 2.45) is 0 Å². The second kappa shape index (κ2) is 8.69. The van der Waals surface area contributed by atoms with Crippen LogP contribution in [0.25, 0.3) is 10.9 Å². The highest BCUT2D eigenvalue weighted by Crippen LogP contribution is 2.23. The van der Waals surface area contributed by atoms with E-state index in [-0.39, 0.29) is 12.5 Å². The number of nitrogens with zero attached hydrogens (tertiary/aromatic N) is 2. The van der Waals surface area contributed by atoms with Crippen LogP contribution < -0.4 is 5.32 Å². The molecule has 4 rings (SSSR count). The third-order valence-corrected chi connectivity index (χ3v) is 5.22. The number of nitrogens with one attached hydrogen (secondary N) is 1. The molecule has 1 aliphatic rings. The molecule has 2 aromatic carbocycles. The van der Waals surface area contributed by atoms with Crippen molar-refractivity contribution in [3.8, 4) is 0 Å². The molecule has 0 spiro atoms. The minimum Gasteiger partial charge on any atom is -0.378 e. The number of anilines is 1. The standard InChI is InChI=1S/C22H20ClN3O4/c23-15-5-7-16(8-6-15)24-20(27)14-26-13-18(17-3-1-2-4-19(17)26)21(28)22(29)25-9-11-30-12-10-25/h1-8,13H,9-12,14H2,(H,24,27). The summed E-state index contributed by atoms with van der Waals surface area (Å²) in [6.45, 7) is 1.64. The van der Waals surface area contributed by atoms with Crippen LogP contribution in [0.1, 0.15) is 10.4 Å². The number of carbonyl (C=O) groups excluding carboxylic acids is 3. The number of aromatic nitrogens is 1. The van der Waals surface area contributed by atoms with E-state index in [2.05, 4.69) is 5.32 Å². The number of Topliss-reactive ketones (excluding diaryl/α,β-unsaturated/α-hetero) is 1. The lowest BCUT2D eigenvalue weighted by molar-refractivity contribution is -0.130. The molecule has 1 aliphatic heterocycles. The highest BCUT2D eigenvalue weighted by molar-refractivity contribution is 6.44. The van der Waals surface area contributed by atoms with Crippen LogP contribution in [0.5, 0.6) is 0 Å². The van der Waals surface area contributed by atoms with Gasteiger partial charge in [0.2, 0.25) is 5.91 Å². The van der Waals surface area contributed by atoms with Gasteiger partial charge in [-0.3, -0.25) is 14.4 Å². The van der Waals surface area contributed by atoms with Gasteiger partial charge >= 0.3 is 0 Å². The smallest absolute Gasteiger partial charge is 0.295 e. The molecular formula is C22H20ClN3O4. The first kappa shape index (κ1) is 20.1. The average molecular weight is 426 g/mol. The van der Waals surface area contributed by atoms with Crippen molar-refractivity contribution in [1.82, 2.24) is 9.47 Å². The van der Waals surface area contributed by atoms with Crippen LogP contribution in [-0.4, -0.2) is 53.4 Å². The van der Waals surface area contributed by atoms with E-state index < -0.39 is 11.7 Å². The lowest BCUT2D eigenvalue weighted by atomic mass is 10.1. The molecule has 2 amide bonds. The zero-order chi connectivity index (χ0) is 21.1. The van der Waals surface area contributed by atoms with E-state index in [1.165, 1.54) is 4.90 Å². The minimum absolute atomic E-state index is 0.00215. The number of morpholine rings is 1. The lowest BCUT2D eigenvalue weighted by Crippen LogP contribution is -2.44. The molecule has 0 saturated carbocycles. The van der Waals surface area contributed by atoms with Crippen LogP contribution in [0.3, 0.4) is 0 Å². The quantitative estimate of drug-likeness (QED) is 0.503. The van der Waals surface area contributed by atoms with Crippen molar-refractivity contribution in [2.45, 2.75) is 6.54 Å². The van der Waals surface area contributed by atoms with Crippen LogP contribution in [0.2, 0.25) is 5.02 Å². The summed E-state index contributed by atoms with van der Waals surface area (Å²) in [6.07, 6.45) is 1.58. The number of halogens is 1. The monoisotopic (exact) mass is 425 g/mol. The summed E-state index contributed by atoms with van der Waals surface area (Å²) in [5.74, 6) is -1.38. The van der Waals surface area contributed by atoms with Crippen molar-refractivity contribution in [1.29, 1.82) is 0 Å². The van der Waals surface area contributed by atoms with Crippen LogP contribution in [0.4, 0.5) is 5.69 Å². The van der Waals surface area contributed by atoms with E-state index in [0.29, 0.717) is 53.5 Å². The van der Waals surface area contributed by atoms with Gasteiger partial charge in [0.1, 0.15) is 6.54 Å². The Morgan fingerprint density at radius 2 is 1.70 bits per heavy atom. The van der Waals surface area contributed by atoms with Gasteiger partial charge in [-0.15, -0.1) is 0 Å². The molecule has 1 saturated heterocycles. The van der Waals surface area contributed by atoms with Crippen LogP contribution >= 0.6 is 11.6 Å². The molecule has 0 radical (unpaired) electrons. The van der Waals surface area contributed by atoms with E-state index in [9.17, 15) is 14.4 Å². The Labute approximate surface area is 178 Å². The molecule has 7 nitrogen and oxygen atoms in total. The van der Waals surface area contributed by atoms with E-state index in [0.717, 1.165) is 0 Å². The normalized spacial score (nSPS) is 14.0. The van der Waals surface area contributed by atoms with Crippen molar-refractivity contribution in [3.05, 3.63) is 65.3 Å². The number of ketones is 1. The van der Waals surface area contributed by atoms with E-state index in [1.54, 1.807) is 47.2 Å². The Morgan fingerprint density at radius 1 is 1.00 bits per heavy atom. The second-order valence-corrected chi connectivity index (χ2v) is 7.41.